The van der Waals surface area contributed by atoms with Crippen molar-refractivity contribution in [2.45, 2.75) is 50.4 Å². The monoisotopic (exact) mass is 779 g/mol. The van der Waals surface area contributed by atoms with E-state index in [-0.39, 0.29) is 4.90 Å². The quantitative estimate of drug-likeness (QED) is 0.146. The molecule has 0 aliphatic carbocycles. The molecule has 1 fully saturated rings. The van der Waals surface area contributed by atoms with E-state index in [4.69, 9.17) is 19.0 Å². The van der Waals surface area contributed by atoms with E-state index in [0.717, 1.165) is 55.7 Å². The number of pyridine rings is 3. The number of H-pyrrole nitrogens is 3. The summed E-state index contributed by atoms with van der Waals surface area (Å²) in [5.74, 6) is 0.718. The first kappa shape index (κ1) is 36.4. The summed E-state index contributed by atoms with van der Waals surface area (Å²) in [4.78, 5) is 24.9. The van der Waals surface area contributed by atoms with Crippen molar-refractivity contribution in [3.8, 4) is 22.6 Å². The summed E-state index contributed by atoms with van der Waals surface area (Å²) >= 11 is 0. The second-order valence-corrected chi connectivity index (χ2v) is 16.6. The van der Waals surface area contributed by atoms with Crippen molar-refractivity contribution >= 4 is 66.7 Å². The molecule has 0 unspecified atom stereocenters. The summed E-state index contributed by atoms with van der Waals surface area (Å²) < 4.78 is 45.1. The summed E-state index contributed by atoms with van der Waals surface area (Å²) in [6.45, 7) is 8.36. The molecule has 1 aliphatic heterocycles. The number of aromatic amines is 3. The zero-order valence-corrected chi connectivity index (χ0v) is 32.6. The van der Waals surface area contributed by atoms with E-state index < -0.39 is 28.3 Å². The fourth-order valence-electron chi connectivity index (χ4n) is 7.01. The van der Waals surface area contributed by atoms with Gasteiger partial charge in [0.2, 0.25) is 0 Å². The van der Waals surface area contributed by atoms with E-state index in [0.29, 0.717) is 28.8 Å². The first-order valence-electron chi connectivity index (χ1n) is 18.3. The van der Waals surface area contributed by atoms with Crippen molar-refractivity contribution in [3.63, 3.8) is 0 Å². The van der Waals surface area contributed by atoms with E-state index in [9.17, 15) is 8.42 Å². The summed E-state index contributed by atoms with van der Waals surface area (Å²) in [6.07, 6.45) is 8.70. The third kappa shape index (κ3) is 6.26. The highest BCUT2D eigenvalue weighted by molar-refractivity contribution is 7.90. The molecule has 8 heterocycles. The summed E-state index contributed by atoms with van der Waals surface area (Å²) in [5.41, 5.74) is 7.17. The van der Waals surface area contributed by atoms with Crippen molar-refractivity contribution in [1.29, 1.82) is 0 Å². The van der Waals surface area contributed by atoms with Crippen LogP contribution in [-0.2, 0) is 30.7 Å². The number of imidazole rings is 1. The van der Waals surface area contributed by atoms with E-state index >= 15 is 0 Å². The lowest BCUT2D eigenvalue weighted by molar-refractivity contribution is 0.00578. The number of benzene rings is 2. The molecule has 286 valence electrons. The normalized spacial score (nSPS) is 15.1. The number of fused-ring (bicyclic) bond motifs is 4. The molecule has 0 bridgehead atoms. The highest BCUT2D eigenvalue weighted by Crippen LogP contribution is 2.37. The number of hydrogen-bond acceptors (Lipinski definition) is 10. The number of aromatic nitrogens is 9. The Hall–Kier alpha value is -6.20. The topological polar surface area (TPSA) is 179 Å². The van der Waals surface area contributed by atoms with Crippen LogP contribution in [-0.4, -0.2) is 77.9 Å². The molecule has 0 amide bonds. The molecule has 0 saturated carbocycles. The van der Waals surface area contributed by atoms with Crippen LogP contribution in [0.2, 0.25) is 0 Å². The summed E-state index contributed by atoms with van der Waals surface area (Å²) in [7, 11) is -2.78. The van der Waals surface area contributed by atoms with Gasteiger partial charge in [-0.3, -0.25) is 5.10 Å². The van der Waals surface area contributed by atoms with Crippen LogP contribution < -0.4 is 5.46 Å². The number of nitrogens with zero attached hydrogens (tertiary/aromatic N) is 6. The molecule has 14 nitrogen and oxygen atoms in total. The first-order valence-corrected chi connectivity index (χ1v) is 19.7. The van der Waals surface area contributed by atoms with Gasteiger partial charge in [-0.2, -0.15) is 5.10 Å². The van der Waals surface area contributed by atoms with Gasteiger partial charge in [-0.05, 0) is 76.2 Å². The lowest BCUT2D eigenvalue weighted by atomic mass is 9.79. The number of nitrogens with one attached hydrogen (secondary N) is 3. The zero-order valence-electron chi connectivity index (χ0n) is 31.8. The van der Waals surface area contributed by atoms with E-state index in [1.165, 1.54) is 3.97 Å². The van der Waals surface area contributed by atoms with Gasteiger partial charge in [-0.1, -0.05) is 30.3 Å². The van der Waals surface area contributed by atoms with E-state index in [1.807, 2.05) is 76.5 Å². The largest absolute Gasteiger partial charge is 0.497 e. The summed E-state index contributed by atoms with van der Waals surface area (Å²) in [6, 6.07) is 24.0. The lowest BCUT2D eigenvalue weighted by Crippen LogP contribution is -2.41. The van der Waals surface area contributed by atoms with Crippen LogP contribution in [0.5, 0.6) is 0 Å². The lowest BCUT2D eigenvalue weighted by Gasteiger charge is -2.32. The van der Waals surface area contributed by atoms with Crippen LogP contribution in [0.1, 0.15) is 33.3 Å². The van der Waals surface area contributed by atoms with Crippen molar-refractivity contribution in [1.82, 2.24) is 44.1 Å². The minimum Gasteiger partial charge on any atom is -0.399 e. The molecule has 10 rings (SSSR count). The summed E-state index contributed by atoms with van der Waals surface area (Å²) in [5, 5.41) is 10.1. The molecule has 3 N–H and O–H groups in total. The molecule has 16 heteroatoms. The number of methoxy groups -OCH3 is 1. The van der Waals surface area contributed by atoms with Gasteiger partial charge in [0.25, 0.3) is 10.0 Å². The predicted octanol–water partition coefficient (Wildman–Crippen LogP) is 6.76. The predicted molar refractivity (Wildman–Crippen MR) is 219 cm³/mol. The number of hydrogen-bond donors (Lipinski definition) is 3. The van der Waals surface area contributed by atoms with Crippen molar-refractivity contribution < 1.29 is 22.5 Å². The molecule has 2 aromatic carbocycles. The Kier molecular flexibility index (Phi) is 8.81. The van der Waals surface area contributed by atoms with E-state index in [2.05, 4.69) is 41.2 Å². The first-order chi connectivity index (χ1) is 27.4. The fourth-order valence-corrected chi connectivity index (χ4v) is 8.36. The minimum absolute atomic E-state index is 0.202. The van der Waals surface area contributed by atoms with Gasteiger partial charge in [-0.25, -0.2) is 32.3 Å². The zero-order chi connectivity index (χ0) is 39.5. The molecule has 7 aromatic heterocycles. The fraction of sp³-hybridized carbons (Fsp3) is 0.195. The second-order valence-electron chi connectivity index (χ2n) is 14.8. The van der Waals surface area contributed by atoms with Crippen LogP contribution in [0.15, 0.2) is 115 Å². The van der Waals surface area contributed by atoms with Crippen LogP contribution in [0.3, 0.4) is 0 Å². The Balaban J connectivity index is 0.000000149. The highest BCUT2D eigenvalue weighted by Gasteiger charge is 2.52. The smallest absolute Gasteiger partial charge is 0.399 e. The van der Waals surface area contributed by atoms with Gasteiger partial charge < -0.3 is 24.0 Å². The number of ether oxygens (including phenoxy) is 1. The molecule has 0 radical (unpaired) electrons. The standard InChI is InChI=1S/C22H17N7O.C19H21BN2O4S/c1-30-11-12-4-2-6-17-18(12)27-22(26-17)19-15-8-13(9-24-21(15)29-28-19)16-10-25-20-14(16)5-3-7-23-20;1-18(2)19(3,4)26-20(25-18)16-13-22(17-15(16)11-8-12-21-17)27(23,24)14-9-6-5-7-10-14/h2-10H,11H2,1H3,(H,23,25)(H,26,27)(H,24,28,29);5-13H,1-4H3. The van der Waals surface area contributed by atoms with Gasteiger partial charge >= 0.3 is 7.12 Å². The molecule has 0 atom stereocenters. The van der Waals surface area contributed by atoms with Crippen LogP contribution in [0, 0.1) is 0 Å². The van der Waals surface area contributed by atoms with Gasteiger partial charge in [0.05, 0.1) is 39.1 Å². The molecular formula is C41H38BN9O5S. The molecule has 9 aromatic rings. The third-order valence-corrected chi connectivity index (χ3v) is 12.3. The molecule has 57 heavy (non-hydrogen) atoms. The van der Waals surface area contributed by atoms with Crippen LogP contribution in [0.4, 0.5) is 0 Å². The van der Waals surface area contributed by atoms with Crippen LogP contribution in [0.25, 0.3) is 66.8 Å². The Bertz CT molecular complexity index is 3030. The maximum Gasteiger partial charge on any atom is 0.497 e. The van der Waals surface area contributed by atoms with E-state index in [1.54, 1.807) is 62.1 Å². The van der Waals surface area contributed by atoms with Crippen molar-refractivity contribution in [2.75, 3.05) is 7.11 Å². The average Bonchev–Trinajstić information content (AvgIpc) is 4.04. The highest BCUT2D eigenvalue weighted by atomic mass is 32.2. The maximum absolute atomic E-state index is 13.2. The SMILES string of the molecule is CC1(C)OB(c2cn(S(=O)(=O)c3ccccc3)c3ncccc23)OC1(C)C.COCc1cccc2[nH]c(-c3[nH]nc4ncc(-c5c[nH]c6ncccc56)cc34)nc12. The molecule has 1 saturated heterocycles. The molecule has 0 spiro atoms. The number of rotatable bonds is 7. The van der Waals surface area contributed by atoms with Gasteiger partial charge in [0, 0.05) is 71.0 Å². The Morgan fingerprint density at radius 2 is 1.61 bits per heavy atom. The Morgan fingerprint density at radius 1 is 0.860 bits per heavy atom. The molecular weight excluding hydrogens is 741 g/mol. The van der Waals surface area contributed by atoms with Gasteiger partial charge in [0.1, 0.15) is 11.3 Å². The number of para-hydroxylation sites is 1. The minimum atomic E-state index is -3.79. The van der Waals surface area contributed by atoms with Crippen LogP contribution >= 0.6 is 0 Å². The Morgan fingerprint density at radius 3 is 2.39 bits per heavy atom. The molecule has 1 aliphatic rings. The van der Waals surface area contributed by atoms with Gasteiger partial charge in [-0.15, -0.1) is 0 Å². The van der Waals surface area contributed by atoms with Gasteiger partial charge in [0.15, 0.2) is 17.1 Å². The van der Waals surface area contributed by atoms with Crippen molar-refractivity contribution in [2.24, 2.45) is 0 Å². The second kappa shape index (κ2) is 13.8. The third-order valence-electron chi connectivity index (χ3n) is 10.7. The average molecular weight is 780 g/mol. The van der Waals surface area contributed by atoms with Crippen molar-refractivity contribution in [3.05, 3.63) is 115 Å². The maximum atomic E-state index is 13.2. The Labute approximate surface area is 327 Å².